The molecule has 28 heavy (non-hydrogen) atoms. The van der Waals surface area contributed by atoms with Gasteiger partial charge in [0.05, 0.1) is 23.9 Å². The van der Waals surface area contributed by atoms with E-state index in [0.29, 0.717) is 17.3 Å². The molecule has 2 aromatic carbocycles. The zero-order valence-corrected chi connectivity index (χ0v) is 15.6. The predicted octanol–water partition coefficient (Wildman–Crippen LogP) is 2.06. The minimum atomic E-state index is -0.379. The first-order chi connectivity index (χ1) is 13.6. The molecule has 1 fully saturated rings. The highest BCUT2D eigenvalue weighted by molar-refractivity contribution is 5.81. The van der Waals surface area contributed by atoms with Crippen LogP contribution in [-0.2, 0) is 11.3 Å². The molecule has 0 aliphatic carbocycles. The van der Waals surface area contributed by atoms with Crippen LogP contribution in [0.25, 0.3) is 10.8 Å². The van der Waals surface area contributed by atoms with Crippen LogP contribution in [0.3, 0.4) is 0 Å². The van der Waals surface area contributed by atoms with Crippen molar-refractivity contribution in [2.45, 2.75) is 25.4 Å². The lowest BCUT2D eigenvalue weighted by Gasteiger charge is -2.25. The molecule has 0 bridgehead atoms. The van der Waals surface area contributed by atoms with E-state index in [4.69, 9.17) is 4.74 Å². The van der Waals surface area contributed by atoms with E-state index in [1.165, 1.54) is 0 Å². The van der Waals surface area contributed by atoms with Gasteiger partial charge in [-0.3, -0.25) is 19.5 Å². The minimum Gasteiger partial charge on any atom is -0.497 e. The number of nitrogens with one attached hydrogen (secondary N) is 1. The fourth-order valence-corrected chi connectivity index (χ4v) is 3.82. The van der Waals surface area contributed by atoms with E-state index < -0.39 is 0 Å². The van der Waals surface area contributed by atoms with Crippen molar-refractivity contribution in [3.05, 3.63) is 74.8 Å². The summed E-state index contributed by atoms with van der Waals surface area (Å²) in [6.07, 6.45) is 1.76. The average molecular weight is 379 g/mol. The van der Waals surface area contributed by atoms with Gasteiger partial charge in [-0.15, -0.1) is 0 Å². The molecule has 1 atom stereocenters. The molecule has 1 saturated heterocycles. The zero-order valence-electron chi connectivity index (χ0n) is 15.6. The first-order valence-corrected chi connectivity index (χ1v) is 9.24. The quantitative estimate of drug-likeness (QED) is 0.752. The third kappa shape index (κ3) is 3.19. The Kier molecular flexibility index (Phi) is 4.73. The molecule has 2 heterocycles. The summed E-state index contributed by atoms with van der Waals surface area (Å²) in [5.41, 5.74) is 0.283. The van der Waals surface area contributed by atoms with Crippen molar-refractivity contribution in [1.82, 2.24) is 14.7 Å². The molecule has 7 heteroatoms. The van der Waals surface area contributed by atoms with E-state index in [-0.39, 0.29) is 29.6 Å². The van der Waals surface area contributed by atoms with Crippen LogP contribution in [0.1, 0.15) is 24.4 Å². The Bertz CT molecular complexity index is 1130. The second kappa shape index (κ2) is 7.34. The Morgan fingerprint density at radius 1 is 1.11 bits per heavy atom. The zero-order chi connectivity index (χ0) is 19.7. The highest BCUT2D eigenvalue weighted by Crippen LogP contribution is 2.32. The molecule has 3 aromatic rings. The van der Waals surface area contributed by atoms with Gasteiger partial charge in [-0.2, -0.15) is 0 Å². The molecule has 4 rings (SSSR count). The van der Waals surface area contributed by atoms with E-state index in [1.807, 2.05) is 24.3 Å². The number of methoxy groups -OCH3 is 1. The molecule has 1 aliphatic rings. The Morgan fingerprint density at radius 2 is 1.82 bits per heavy atom. The molecule has 1 amide bonds. The number of nitrogens with zero attached hydrogens (tertiary/aromatic N) is 2. The number of benzene rings is 2. The summed E-state index contributed by atoms with van der Waals surface area (Å²) in [6, 6.07) is 14.2. The second-order valence-electron chi connectivity index (χ2n) is 6.90. The van der Waals surface area contributed by atoms with Crippen molar-refractivity contribution in [3.63, 3.8) is 0 Å². The van der Waals surface area contributed by atoms with Crippen LogP contribution in [0.15, 0.2) is 58.1 Å². The van der Waals surface area contributed by atoms with Gasteiger partial charge >= 0.3 is 0 Å². The lowest BCUT2D eigenvalue weighted by atomic mass is 10.0. The first-order valence-electron chi connectivity index (χ1n) is 9.24. The largest absolute Gasteiger partial charge is 0.497 e. The van der Waals surface area contributed by atoms with Gasteiger partial charge < -0.3 is 9.64 Å². The van der Waals surface area contributed by atoms with E-state index in [0.717, 1.165) is 28.8 Å². The van der Waals surface area contributed by atoms with E-state index in [9.17, 15) is 14.4 Å². The molecule has 0 saturated carbocycles. The smallest absolute Gasteiger partial charge is 0.273 e. The molecular formula is C21H21N3O4. The second-order valence-corrected chi connectivity index (χ2v) is 6.90. The molecular weight excluding hydrogens is 358 g/mol. The van der Waals surface area contributed by atoms with Crippen molar-refractivity contribution >= 4 is 16.7 Å². The normalized spacial score (nSPS) is 16.5. The number of amides is 1. The van der Waals surface area contributed by atoms with Gasteiger partial charge in [0.1, 0.15) is 12.3 Å². The molecule has 144 valence electrons. The monoisotopic (exact) mass is 379 g/mol. The predicted molar refractivity (Wildman–Crippen MR) is 106 cm³/mol. The van der Waals surface area contributed by atoms with Gasteiger partial charge in [0.25, 0.3) is 11.1 Å². The maximum absolute atomic E-state index is 12.9. The third-order valence-electron chi connectivity index (χ3n) is 5.25. The number of fused-ring (bicyclic) bond motifs is 1. The molecule has 1 aromatic heterocycles. The summed E-state index contributed by atoms with van der Waals surface area (Å²) in [6.45, 7) is 0.438. The number of rotatable bonds is 4. The Hall–Kier alpha value is -3.35. The number of likely N-dealkylation sites (tertiary alicyclic amines) is 1. The van der Waals surface area contributed by atoms with Gasteiger partial charge in [-0.25, -0.2) is 4.68 Å². The van der Waals surface area contributed by atoms with E-state index in [2.05, 4.69) is 5.10 Å². The number of aromatic nitrogens is 2. The van der Waals surface area contributed by atoms with Crippen LogP contribution in [-0.4, -0.2) is 34.2 Å². The van der Waals surface area contributed by atoms with Gasteiger partial charge in [-0.1, -0.05) is 24.3 Å². The van der Waals surface area contributed by atoms with Gasteiger partial charge in [0.15, 0.2) is 0 Å². The van der Waals surface area contributed by atoms with Crippen LogP contribution >= 0.6 is 0 Å². The van der Waals surface area contributed by atoms with Gasteiger partial charge in [-0.05, 0) is 42.7 Å². The summed E-state index contributed by atoms with van der Waals surface area (Å²) in [4.78, 5) is 39.6. The van der Waals surface area contributed by atoms with Crippen molar-refractivity contribution in [2.24, 2.45) is 0 Å². The minimum absolute atomic E-state index is 0.0405. The fraction of sp³-hybridized carbons (Fsp3) is 0.286. The number of ether oxygens (including phenoxy) is 1. The standard InChI is InChI=1S/C21H21N3O4/c1-28-15-10-8-14(9-11-15)18-7-4-12-23(18)19(25)13-24-21(27)17-6-3-2-5-16(17)20(26)22-24/h2-3,5-6,8-11,18H,4,7,12-13H2,1H3,(H,22,26). The summed E-state index contributed by atoms with van der Waals surface area (Å²) in [5.74, 6) is 0.575. The molecule has 0 radical (unpaired) electrons. The fourth-order valence-electron chi connectivity index (χ4n) is 3.82. The van der Waals surface area contributed by atoms with Crippen molar-refractivity contribution in [2.75, 3.05) is 13.7 Å². The van der Waals surface area contributed by atoms with Gasteiger partial charge in [0.2, 0.25) is 5.91 Å². The highest BCUT2D eigenvalue weighted by atomic mass is 16.5. The van der Waals surface area contributed by atoms with Crippen LogP contribution in [0.2, 0.25) is 0 Å². The molecule has 7 nitrogen and oxygen atoms in total. The van der Waals surface area contributed by atoms with E-state index in [1.54, 1.807) is 36.3 Å². The lowest BCUT2D eigenvalue weighted by Crippen LogP contribution is -2.39. The summed E-state index contributed by atoms with van der Waals surface area (Å²) in [7, 11) is 1.61. The van der Waals surface area contributed by atoms with Crippen molar-refractivity contribution in [1.29, 1.82) is 0 Å². The molecule has 1 unspecified atom stereocenters. The summed E-state index contributed by atoms with van der Waals surface area (Å²) < 4.78 is 6.30. The lowest BCUT2D eigenvalue weighted by molar-refractivity contribution is -0.133. The van der Waals surface area contributed by atoms with E-state index >= 15 is 0 Å². The van der Waals surface area contributed by atoms with Crippen molar-refractivity contribution in [3.8, 4) is 5.75 Å². The number of H-pyrrole nitrogens is 1. The Morgan fingerprint density at radius 3 is 2.54 bits per heavy atom. The number of carbonyl (C=O) groups excluding carboxylic acids is 1. The highest BCUT2D eigenvalue weighted by Gasteiger charge is 2.30. The molecule has 1 aliphatic heterocycles. The Balaban J connectivity index is 1.61. The van der Waals surface area contributed by atoms with Crippen LogP contribution in [0.5, 0.6) is 5.75 Å². The number of hydrogen-bond acceptors (Lipinski definition) is 4. The molecule has 1 N–H and O–H groups in total. The third-order valence-corrected chi connectivity index (χ3v) is 5.25. The van der Waals surface area contributed by atoms with Crippen LogP contribution < -0.4 is 15.9 Å². The Labute approximate surface area is 161 Å². The maximum atomic E-state index is 12.9. The van der Waals surface area contributed by atoms with Crippen LogP contribution in [0, 0.1) is 0 Å². The maximum Gasteiger partial charge on any atom is 0.273 e. The average Bonchev–Trinajstić information content (AvgIpc) is 3.22. The summed E-state index contributed by atoms with van der Waals surface area (Å²) in [5, 5.41) is 3.17. The van der Waals surface area contributed by atoms with Crippen molar-refractivity contribution < 1.29 is 9.53 Å². The summed E-state index contributed by atoms with van der Waals surface area (Å²) >= 11 is 0. The SMILES string of the molecule is COc1ccc(C2CCCN2C(=O)Cn2[nH]c(=O)c3ccccc3c2=O)cc1. The number of aromatic amines is 1. The number of hydrogen-bond donors (Lipinski definition) is 1. The van der Waals surface area contributed by atoms with Gasteiger partial charge in [0, 0.05) is 6.54 Å². The number of carbonyl (C=O) groups is 1. The molecule has 0 spiro atoms. The topological polar surface area (TPSA) is 84.4 Å². The van der Waals surface area contributed by atoms with Crippen LogP contribution in [0.4, 0.5) is 0 Å². The first kappa shape index (κ1) is 18.0.